The normalized spacial score (nSPS) is 12.5. The molecule has 0 radical (unpaired) electrons. The van der Waals surface area contributed by atoms with Crippen LogP contribution in [0.4, 0.5) is 0 Å². The van der Waals surface area contributed by atoms with Crippen molar-refractivity contribution in [3.8, 4) is 0 Å². The van der Waals surface area contributed by atoms with Crippen molar-refractivity contribution in [1.82, 2.24) is 5.32 Å². The fraction of sp³-hybridized carbons (Fsp3) is 0.385. The molecule has 0 aromatic heterocycles. The Hall–Kier alpha value is -1.08. The Labute approximate surface area is 86.8 Å². The molecule has 0 bridgehead atoms. The Balaban J connectivity index is 3.01. The maximum atomic E-state index is 3.86. The molecule has 14 heavy (non-hydrogen) atoms. The summed E-state index contributed by atoms with van der Waals surface area (Å²) in [6.45, 7) is 11.2. The first-order valence-electron chi connectivity index (χ1n) is 5.12. The van der Waals surface area contributed by atoms with E-state index in [9.17, 15) is 0 Å². The maximum Gasteiger partial charge on any atom is 0.0506 e. The van der Waals surface area contributed by atoms with Crippen molar-refractivity contribution in [1.29, 1.82) is 0 Å². The number of aryl methyl sites for hydroxylation is 2. The minimum absolute atomic E-state index is 0.278. The van der Waals surface area contributed by atoms with Gasteiger partial charge in [0.25, 0.3) is 0 Å². The third kappa shape index (κ3) is 2.46. The van der Waals surface area contributed by atoms with Crippen molar-refractivity contribution in [2.45, 2.75) is 26.8 Å². The molecule has 0 spiro atoms. The third-order valence-electron chi connectivity index (χ3n) is 2.43. The number of hydrogen-bond donors (Lipinski definition) is 1. The van der Waals surface area contributed by atoms with E-state index in [1.807, 2.05) is 6.08 Å². The van der Waals surface area contributed by atoms with Crippen LogP contribution in [0.5, 0.6) is 0 Å². The van der Waals surface area contributed by atoms with E-state index < -0.39 is 0 Å². The van der Waals surface area contributed by atoms with Gasteiger partial charge < -0.3 is 5.32 Å². The van der Waals surface area contributed by atoms with Crippen LogP contribution in [-0.2, 0) is 0 Å². The molecule has 0 fully saturated rings. The van der Waals surface area contributed by atoms with Gasteiger partial charge in [-0.15, -0.1) is 6.58 Å². The molecule has 1 heteroatoms. The van der Waals surface area contributed by atoms with Gasteiger partial charge in [0.2, 0.25) is 0 Å². The Morgan fingerprint density at radius 1 is 1.43 bits per heavy atom. The van der Waals surface area contributed by atoms with Crippen molar-refractivity contribution in [3.63, 3.8) is 0 Å². The number of benzene rings is 1. The monoisotopic (exact) mass is 189 g/mol. The average molecular weight is 189 g/mol. The summed E-state index contributed by atoms with van der Waals surface area (Å²) in [4.78, 5) is 0. The number of hydrogen-bond acceptors (Lipinski definition) is 1. The Kier molecular flexibility index (Phi) is 3.90. The van der Waals surface area contributed by atoms with Crippen LogP contribution in [0.2, 0.25) is 0 Å². The minimum atomic E-state index is 0.278. The second kappa shape index (κ2) is 4.97. The Bertz CT molecular complexity index is 315. The highest BCUT2D eigenvalue weighted by molar-refractivity contribution is 5.34. The number of rotatable bonds is 4. The van der Waals surface area contributed by atoms with E-state index in [1.165, 1.54) is 16.7 Å². The van der Waals surface area contributed by atoms with Crippen molar-refractivity contribution in [2.24, 2.45) is 0 Å². The largest absolute Gasteiger partial charge is 0.307 e. The zero-order valence-corrected chi connectivity index (χ0v) is 9.30. The smallest absolute Gasteiger partial charge is 0.0506 e. The first-order valence-corrected chi connectivity index (χ1v) is 5.12. The summed E-state index contributed by atoms with van der Waals surface area (Å²) in [6, 6.07) is 6.81. The lowest BCUT2D eigenvalue weighted by Gasteiger charge is -2.16. The SMILES string of the molecule is C=CC(NCC)c1cc(C)ccc1C. The van der Waals surface area contributed by atoms with Crippen LogP contribution in [0.3, 0.4) is 0 Å². The molecular weight excluding hydrogens is 170 g/mol. The summed E-state index contributed by atoms with van der Waals surface area (Å²) in [7, 11) is 0. The first kappa shape index (κ1) is 11.0. The molecule has 1 rings (SSSR count). The fourth-order valence-electron chi connectivity index (χ4n) is 1.64. The van der Waals surface area contributed by atoms with Gasteiger partial charge in [-0.3, -0.25) is 0 Å². The maximum absolute atomic E-state index is 3.86. The number of nitrogens with one attached hydrogen (secondary N) is 1. The summed E-state index contributed by atoms with van der Waals surface area (Å²) >= 11 is 0. The van der Waals surface area contributed by atoms with E-state index in [1.54, 1.807) is 0 Å². The number of likely N-dealkylation sites (N-methyl/N-ethyl adjacent to an activating group) is 1. The molecule has 1 aromatic carbocycles. The van der Waals surface area contributed by atoms with Crippen LogP contribution < -0.4 is 5.32 Å². The van der Waals surface area contributed by atoms with E-state index in [2.05, 4.69) is 50.9 Å². The lowest BCUT2D eigenvalue weighted by Crippen LogP contribution is -2.19. The highest BCUT2D eigenvalue weighted by Gasteiger charge is 2.08. The third-order valence-corrected chi connectivity index (χ3v) is 2.43. The van der Waals surface area contributed by atoms with Crippen LogP contribution in [0.1, 0.15) is 29.7 Å². The van der Waals surface area contributed by atoms with E-state index in [0.717, 1.165) is 6.54 Å². The molecule has 1 aromatic rings. The zero-order chi connectivity index (χ0) is 10.6. The molecular formula is C13H19N. The quantitative estimate of drug-likeness (QED) is 0.717. The summed E-state index contributed by atoms with van der Waals surface area (Å²) in [5, 5.41) is 3.40. The minimum Gasteiger partial charge on any atom is -0.307 e. The molecule has 0 saturated heterocycles. The van der Waals surface area contributed by atoms with Crippen LogP contribution in [-0.4, -0.2) is 6.54 Å². The summed E-state index contributed by atoms with van der Waals surface area (Å²) < 4.78 is 0. The van der Waals surface area contributed by atoms with Gasteiger partial charge in [0.05, 0.1) is 6.04 Å². The second-order valence-corrected chi connectivity index (χ2v) is 3.63. The van der Waals surface area contributed by atoms with Gasteiger partial charge in [0.1, 0.15) is 0 Å². The summed E-state index contributed by atoms with van der Waals surface area (Å²) in [5.74, 6) is 0. The van der Waals surface area contributed by atoms with Crippen molar-refractivity contribution in [3.05, 3.63) is 47.5 Å². The van der Waals surface area contributed by atoms with E-state index in [-0.39, 0.29) is 6.04 Å². The van der Waals surface area contributed by atoms with E-state index >= 15 is 0 Å². The van der Waals surface area contributed by atoms with Crippen LogP contribution in [0.25, 0.3) is 0 Å². The zero-order valence-electron chi connectivity index (χ0n) is 9.30. The van der Waals surface area contributed by atoms with Crippen molar-refractivity contribution in [2.75, 3.05) is 6.54 Å². The molecule has 0 aliphatic heterocycles. The molecule has 0 aliphatic rings. The molecule has 0 saturated carbocycles. The molecule has 1 N–H and O–H groups in total. The summed E-state index contributed by atoms with van der Waals surface area (Å²) in [6.07, 6.45) is 1.96. The average Bonchev–Trinajstić information content (AvgIpc) is 2.18. The van der Waals surface area contributed by atoms with Gasteiger partial charge in [-0.05, 0) is 31.5 Å². The predicted molar refractivity (Wildman–Crippen MR) is 62.5 cm³/mol. The highest BCUT2D eigenvalue weighted by Crippen LogP contribution is 2.19. The van der Waals surface area contributed by atoms with E-state index in [0.29, 0.717) is 0 Å². The standard InChI is InChI=1S/C13H19N/c1-5-13(14-6-2)12-9-10(3)7-8-11(12)4/h5,7-9,13-14H,1,6H2,2-4H3. The summed E-state index contributed by atoms with van der Waals surface area (Å²) in [5.41, 5.74) is 3.96. The van der Waals surface area contributed by atoms with Gasteiger partial charge >= 0.3 is 0 Å². The van der Waals surface area contributed by atoms with Gasteiger partial charge in [0.15, 0.2) is 0 Å². The molecule has 1 atom stereocenters. The predicted octanol–water partition coefficient (Wildman–Crippen LogP) is 3.14. The van der Waals surface area contributed by atoms with Crippen molar-refractivity contribution < 1.29 is 0 Å². The molecule has 1 nitrogen and oxygen atoms in total. The van der Waals surface area contributed by atoms with Gasteiger partial charge in [0, 0.05) is 0 Å². The molecule has 0 heterocycles. The van der Waals surface area contributed by atoms with Crippen LogP contribution in [0, 0.1) is 13.8 Å². The topological polar surface area (TPSA) is 12.0 Å². The molecule has 0 amide bonds. The van der Waals surface area contributed by atoms with Crippen LogP contribution in [0.15, 0.2) is 30.9 Å². The van der Waals surface area contributed by atoms with Crippen molar-refractivity contribution >= 4 is 0 Å². The molecule has 76 valence electrons. The highest BCUT2D eigenvalue weighted by atomic mass is 14.9. The van der Waals surface area contributed by atoms with Gasteiger partial charge in [-0.25, -0.2) is 0 Å². The molecule has 1 unspecified atom stereocenters. The van der Waals surface area contributed by atoms with E-state index in [4.69, 9.17) is 0 Å². The van der Waals surface area contributed by atoms with Crippen LogP contribution >= 0.6 is 0 Å². The van der Waals surface area contributed by atoms with Gasteiger partial charge in [-0.2, -0.15) is 0 Å². The lowest BCUT2D eigenvalue weighted by atomic mass is 9.99. The first-order chi connectivity index (χ1) is 6.69. The molecule has 0 aliphatic carbocycles. The second-order valence-electron chi connectivity index (χ2n) is 3.63. The Morgan fingerprint density at radius 2 is 2.14 bits per heavy atom. The van der Waals surface area contributed by atoms with Gasteiger partial charge in [-0.1, -0.05) is 36.8 Å². The Morgan fingerprint density at radius 3 is 2.71 bits per heavy atom. The fourth-order valence-corrected chi connectivity index (χ4v) is 1.64. The lowest BCUT2D eigenvalue weighted by molar-refractivity contribution is 0.646.